The molecule has 4 nitrogen and oxygen atoms in total. The van der Waals surface area contributed by atoms with Crippen LogP contribution in [0.1, 0.15) is 40.3 Å². The van der Waals surface area contributed by atoms with E-state index in [4.69, 9.17) is 4.52 Å². The molecule has 5 heteroatoms. The lowest BCUT2D eigenvalue weighted by atomic mass is 10.1. The Morgan fingerprint density at radius 1 is 1.32 bits per heavy atom. The first kappa shape index (κ1) is 13.3. The van der Waals surface area contributed by atoms with E-state index in [-0.39, 0.29) is 17.8 Å². The fraction of sp³-hybridized carbons (Fsp3) is 0.286. The third-order valence-corrected chi connectivity index (χ3v) is 2.98. The molecule has 100 valence electrons. The molecule has 0 saturated carbocycles. The van der Waals surface area contributed by atoms with Crippen LogP contribution in [-0.2, 0) is 0 Å². The van der Waals surface area contributed by atoms with Crippen molar-refractivity contribution in [2.45, 2.75) is 26.8 Å². The first-order valence-electron chi connectivity index (χ1n) is 5.98. The van der Waals surface area contributed by atoms with E-state index in [0.717, 1.165) is 5.56 Å². The summed E-state index contributed by atoms with van der Waals surface area (Å²) in [6, 6.07) is 5.81. The Bertz CT molecular complexity index is 570. The van der Waals surface area contributed by atoms with Gasteiger partial charge in [0.25, 0.3) is 5.91 Å². The number of amides is 1. The van der Waals surface area contributed by atoms with Gasteiger partial charge in [-0.1, -0.05) is 17.3 Å². The van der Waals surface area contributed by atoms with Crippen molar-refractivity contribution in [1.82, 2.24) is 10.5 Å². The number of aryl methyl sites for hydroxylation is 2. The third kappa shape index (κ3) is 2.81. The second kappa shape index (κ2) is 5.22. The van der Waals surface area contributed by atoms with E-state index in [9.17, 15) is 9.18 Å². The summed E-state index contributed by atoms with van der Waals surface area (Å²) >= 11 is 0. The molecule has 1 atom stereocenters. The zero-order valence-electron chi connectivity index (χ0n) is 11.0. The van der Waals surface area contributed by atoms with E-state index in [1.807, 2.05) is 6.92 Å². The number of aromatic nitrogens is 1. The van der Waals surface area contributed by atoms with Gasteiger partial charge in [0, 0.05) is 0 Å². The Morgan fingerprint density at radius 2 is 1.95 bits per heavy atom. The molecule has 0 aliphatic rings. The van der Waals surface area contributed by atoms with Crippen LogP contribution in [0.25, 0.3) is 0 Å². The lowest BCUT2D eigenvalue weighted by Gasteiger charge is -2.14. The number of rotatable bonds is 3. The standard InChI is InChI=1S/C14H15FN2O2/c1-8(11-4-6-12(15)7-5-11)16-14(18)13-9(2)17-19-10(13)3/h4-8H,1-3H3,(H,16,18). The van der Waals surface area contributed by atoms with Gasteiger partial charge < -0.3 is 9.84 Å². The summed E-state index contributed by atoms with van der Waals surface area (Å²) in [5, 5.41) is 6.58. The lowest BCUT2D eigenvalue weighted by Crippen LogP contribution is -2.27. The van der Waals surface area contributed by atoms with Gasteiger partial charge in [0.1, 0.15) is 17.1 Å². The predicted octanol–water partition coefficient (Wildman–Crippen LogP) is 2.92. The number of benzene rings is 1. The van der Waals surface area contributed by atoms with Crippen LogP contribution < -0.4 is 5.32 Å². The minimum Gasteiger partial charge on any atom is -0.361 e. The number of carbonyl (C=O) groups is 1. The molecule has 0 fully saturated rings. The van der Waals surface area contributed by atoms with Crippen LogP contribution in [-0.4, -0.2) is 11.1 Å². The number of hydrogen-bond donors (Lipinski definition) is 1. The smallest absolute Gasteiger partial charge is 0.257 e. The molecule has 1 aromatic heterocycles. The summed E-state index contributed by atoms with van der Waals surface area (Å²) < 4.78 is 17.8. The van der Waals surface area contributed by atoms with E-state index < -0.39 is 0 Å². The van der Waals surface area contributed by atoms with Crippen molar-refractivity contribution in [3.63, 3.8) is 0 Å². The zero-order chi connectivity index (χ0) is 14.0. The lowest BCUT2D eigenvalue weighted by molar-refractivity contribution is 0.0938. The Labute approximate surface area is 110 Å². The minimum atomic E-state index is -0.298. The highest BCUT2D eigenvalue weighted by molar-refractivity contribution is 5.96. The number of hydrogen-bond acceptors (Lipinski definition) is 3. The summed E-state index contributed by atoms with van der Waals surface area (Å²) in [7, 11) is 0. The molecule has 0 saturated heterocycles. The van der Waals surface area contributed by atoms with Gasteiger partial charge in [0.15, 0.2) is 0 Å². The van der Waals surface area contributed by atoms with E-state index in [1.165, 1.54) is 12.1 Å². The second-order valence-corrected chi connectivity index (χ2v) is 4.45. The average Bonchev–Trinajstić information content (AvgIpc) is 2.69. The molecule has 0 spiro atoms. The van der Waals surface area contributed by atoms with Crippen LogP contribution in [0.4, 0.5) is 4.39 Å². The molecule has 0 bridgehead atoms. The van der Waals surface area contributed by atoms with Crippen molar-refractivity contribution in [2.75, 3.05) is 0 Å². The van der Waals surface area contributed by atoms with Gasteiger partial charge in [0.2, 0.25) is 0 Å². The fourth-order valence-electron chi connectivity index (χ4n) is 1.91. The molecule has 1 unspecified atom stereocenters. The van der Waals surface area contributed by atoms with Crippen LogP contribution in [0.2, 0.25) is 0 Å². The molecule has 2 aromatic rings. The Hall–Kier alpha value is -2.17. The molecule has 0 aliphatic carbocycles. The van der Waals surface area contributed by atoms with Crippen LogP contribution in [0.3, 0.4) is 0 Å². The first-order valence-corrected chi connectivity index (χ1v) is 5.98. The summed E-state index contributed by atoms with van der Waals surface area (Å²) in [5.74, 6) is -0.0534. The maximum Gasteiger partial charge on any atom is 0.257 e. The highest BCUT2D eigenvalue weighted by Crippen LogP contribution is 2.16. The van der Waals surface area contributed by atoms with Gasteiger partial charge in [0.05, 0.1) is 11.7 Å². The van der Waals surface area contributed by atoms with Crippen molar-refractivity contribution in [2.24, 2.45) is 0 Å². The van der Waals surface area contributed by atoms with E-state index >= 15 is 0 Å². The SMILES string of the molecule is Cc1noc(C)c1C(=O)NC(C)c1ccc(F)cc1. The maximum absolute atomic E-state index is 12.8. The summed E-state index contributed by atoms with van der Waals surface area (Å²) in [6.45, 7) is 5.24. The molecule has 1 N–H and O–H groups in total. The number of nitrogens with zero attached hydrogens (tertiary/aromatic N) is 1. The van der Waals surface area contributed by atoms with Crippen LogP contribution in [0.5, 0.6) is 0 Å². The molecule has 2 rings (SSSR count). The van der Waals surface area contributed by atoms with Crippen molar-refractivity contribution in [3.8, 4) is 0 Å². The summed E-state index contributed by atoms with van der Waals surface area (Å²) in [6.07, 6.45) is 0. The van der Waals surface area contributed by atoms with Crippen LogP contribution >= 0.6 is 0 Å². The van der Waals surface area contributed by atoms with Gasteiger partial charge in [-0.2, -0.15) is 0 Å². The van der Waals surface area contributed by atoms with Crippen molar-refractivity contribution in [3.05, 3.63) is 52.7 Å². The zero-order valence-corrected chi connectivity index (χ0v) is 11.0. The van der Waals surface area contributed by atoms with Crippen molar-refractivity contribution < 1.29 is 13.7 Å². The van der Waals surface area contributed by atoms with Crippen LogP contribution in [0.15, 0.2) is 28.8 Å². The highest BCUT2D eigenvalue weighted by atomic mass is 19.1. The first-order chi connectivity index (χ1) is 8.99. The van der Waals surface area contributed by atoms with Crippen LogP contribution in [0, 0.1) is 19.7 Å². The minimum absolute atomic E-state index is 0.221. The molecular formula is C14H15FN2O2. The van der Waals surface area contributed by atoms with E-state index in [0.29, 0.717) is 17.0 Å². The predicted molar refractivity (Wildman–Crippen MR) is 68.3 cm³/mol. The quantitative estimate of drug-likeness (QED) is 0.925. The monoisotopic (exact) mass is 262 g/mol. The van der Waals surface area contributed by atoms with Gasteiger partial charge in [-0.25, -0.2) is 4.39 Å². The third-order valence-electron chi connectivity index (χ3n) is 2.98. The van der Waals surface area contributed by atoms with Gasteiger partial charge in [-0.3, -0.25) is 4.79 Å². The Balaban J connectivity index is 2.13. The Morgan fingerprint density at radius 3 is 2.47 bits per heavy atom. The van der Waals surface area contributed by atoms with E-state index in [1.54, 1.807) is 26.0 Å². The molecule has 1 heterocycles. The van der Waals surface area contributed by atoms with Crippen molar-refractivity contribution >= 4 is 5.91 Å². The Kier molecular flexibility index (Phi) is 3.64. The molecule has 0 radical (unpaired) electrons. The molecular weight excluding hydrogens is 247 g/mol. The average molecular weight is 262 g/mol. The largest absolute Gasteiger partial charge is 0.361 e. The topological polar surface area (TPSA) is 55.1 Å². The van der Waals surface area contributed by atoms with Gasteiger partial charge in [-0.05, 0) is 38.5 Å². The number of carbonyl (C=O) groups excluding carboxylic acids is 1. The van der Waals surface area contributed by atoms with Gasteiger partial charge in [-0.15, -0.1) is 0 Å². The maximum atomic E-state index is 12.8. The normalized spacial score (nSPS) is 12.2. The van der Waals surface area contributed by atoms with E-state index in [2.05, 4.69) is 10.5 Å². The molecule has 1 aromatic carbocycles. The van der Waals surface area contributed by atoms with Crippen molar-refractivity contribution in [1.29, 1.82) is 0 Å². The molecule has 1 amide bonds. The number of nitrogens with one attached hydrogen (secondary N) is 1. The fourth-order valence-corrected chi connectivity index (χ4v) is 1.91. The second-order valence-electron chi connectivity index (χ2n) is 4.45. The van der Waals surface area contributed by atoms with Gasteiger partial charge >= 0.3 is 0 Å². The number of halogens is 1. The summed E-state index contributed by atoms with van der Waals surface area (Å²) in [4.78, 5) is 12.1. The summed E-state index contributed by atoms with van der Waals surface area (Å²) in [5.41, 5.74) is 1.84. The molecule has 0 aliphatic heterocycles. The highest BCUT2D eigenvalue weighted by Gasteiger charge is 2.19. The molecule has 19 heavy (non-hydrogen) atoms.